The van der Waals surface area contributed by atoms with E-state index in [1.807, 2.05) is 18.2 Å². The molecule has 1 fully saturated rings. The molecule has 4 rings (SSSR count). The van der Waals surface area contributed by atoms with Gasteiger partial charge in [0.25, 0.3) is 5.91 Å². The Hall–Kier alpha value is -2.58. The van der Waals surface area contributed by atoms with Gasteiger partial charge in [-0.25, -0.2) is 0 Å². The monoisotopic (exact) mass is 428 g/mol. The van der Waals surface area contributed by atoms with Crippen molar-refractivity contribution in [2.75, 3.05) is 50.1 Å². The maximum absolute atomic E-state index is 12.7. The van der Waals surface area contributed by atoms with Crippen molar-refractivity contribution in [3.63, 3.8) is 0 Å². The summed E-state index contributed by atoms with van der Waals surface area (Å²) in [6.45, 7) is 3.53. The molecule has 7 nitrogen and oxygen atoms in total. The second-order valence-corrected chi connectivity index (χ2v) is 8.87. The molecule has 2 aliphatic rings. The van der Waals surface area contributed by atoms with Crippen LogP contribution in [0.1, 0.15) is 33.6 Å². The second-order valence-electron chi connectivity index (χ2n) is 7.76. The highest BCUT2D eigenvalue weighted by molar-refractivity contribution is 7.17. The van der Waals surface area contributed by atoms with Crippen molar-refractivity contribution in [2.24, 2.45) is 5.73 Å². The smallest absolute Gasteiger partial charge is 0.251 e. The number of piperazine rings is 1. The van der Waals surface area contributed by atoms with Gasteiger partial charge in [0, 0.05) is 31.1 Å². The van der Waals surface area contributed by atoms with Gasteiger partial charge in [0.2, 0.25) is 5.91 Å². The van der Waals surface area contributed by atoms with Crippen molar-refractivity contribution in [1.29, 1.82) is 0 Å². The average molecular weight is 429 g/mol. The van der Waals surface area contributed by atoms with Gasteiger partial charge in [-0.3, -0.25) is 14.5 Å². The molecule has 2 heterocycles. The quantitative estimate of drug-likeness (QED) is 0.738. The SMILES string of the molecule is COc1ccccc1N1CCN(CC(=O)Nc2sc3c(c2C(N)=O)CCCC3)CC1. The van der Waals surface area contributed by atoms with Gasteiger partial charge in [0.15, 0.2) is 0 Å². The molecule has 1 aliphatic carbocycles. The van der Waals surface area contributed by atoms with Crippen LogP contribution in [0.2, 0.25) is 0 Å². The maximum Gasteiger partial charge on any atom is 0.251 e. The van der Waals surface area contributed by atoms with E-state index in [1.165, 1.54) is 16.2 Å². The number of nitrogens with zero attached hydrogens (tertiary/aromatic N) is 2. The molecule has 1 aliphatic heterocycles. The number of aryl methyl sites for hydroxylation is 1. The molecule has 1 aromatic carbocycles. The fourth-order valence-corrected chi connectivity index (χ4v) is 5.63. The highest BCUT2D eigenvalue weighted by atomic mass is 32.1. The van der Waals surface area contributed by atoms with E-state index >= 15 is 0 Å². The number of fused-ring (bicyclic) bond motifs is 1. The number of benzene rings is 1. The molecule has 3 N–H and O–H groups in total. The normalized spacial score (nSPS) is 16.8. The highest BCUT2D eigenvalue weighted by Gasteiger charge is 2.26. The molecule has 0 bridgehead atoms. The minimum atomic E-state index is -0.449. The summed E-state index contributed by atoms with van der Waals surface area (Å²) in [5.74, 6) is 0.321. The third kappa shape index (κ3) is 4.29. The van der Waals surface area contributed by atoms with Gasteiger partial charge >= 0.3 is 0 Å². The summed E-state index contributed by atoms with van der Waals surface area (Å²) in [7, 11) is 1.68. The van der Waals surface area contributed by atoms with E-state index in [2.05, 4.69) is 21.2 Å². The zero-order chi connectivity index (χ0) is 21.1. The molecule has 2 amide bonds. The van der Waals surface area contributed by atoms with E-state index in [4.69, 9.17) is 10.5 Å². The summed E-state index contributed by atoms with van der Waals surface area (Å²) in [5, 5.41) is 3.58. The van der Waals surface area contributed by atoms with Crippen LogP contribution >= 0.6 is 11.3 Å². The van der Waals surface area contributed by atoms with Crippen LogP contribution in [0.3, 0.4) is 0 Å². The molecule has 0 atom stereocenters. The van der Waals surface area contributed by atoms with E-state index in [-0.39, 0.29) is 5.91 Å². The molecule has 0 radical (unpaired) electrons. The van der Waals surface area contributed by atoms with Crippen LogP contribution in [0.4, 0.5) is 10.7 Å². The fraction of sp³-hybridized carbons (Fsp3) is 0.455. The first-order valence-electron chi connectivity index (χ1n) is 10.4. The first kappa shape index (κ1) is 20.7. The maximum atomic E-state index is 12.7. The summed E-state index contributed by atoms with van der Waals surface area (Å²) < 4.78 is 5.47. The Kier molecular flexibility index (Phi) is 6.24. The number of ether oxygens (including phenoxy) is 1. The van der Waals surface area contributed by atoms with Gasteiger partial charge in [-0.05, 0) is 43.4 Å². The number of para-hydroxylation sites is 2. The van der Waals surface area contributed by atoms with Gasteiger partial charge in [-0.15, -0.1) is 11.3 Å². The number of hydrogen-bond donors (Lipinski definition) is 2. The predicted molar refractivity (Wildman–Crippen MR) is 120 cm³/mol. The van der Waals surface area contributed by atoms with Crippen molar-refractivity contribution in [3.8, 4) is 5.75 Å². The number of primary amides is 1. The van der Waals surface area contributed by atoms with Crippen molar-refractivity contribution in [1.82, 2.24) is 4.90 Å². The van der Waals surface area contributed by atoms with Gasteiger partial charge in [0.05, 0.1) is 24.9 Å². The van der Waals surface area contributed by atoms with E-state index in [9.17, 15) is 9.59 Å². The van der Waals surface area contributed by atoms with E-state index < -0.39 is 5.91 Å². The Morgan fingerprint density at radius 1 is 1.13 bits per heavy atom. The molecular weight excluding hydrogens is 400 g/mol. The Labute approximate surface area is 180 Å². The van der Waals surface area contributed by atoms with E-state index in [1.54, 1.807) is 7.11 Å². The van der Waals surface area contributed by atoms with E-state index in [0.29, 0.717) is 17.1 Å². The topological polar surface area (TPSA) is 87.9 Å². The molecule has 0 saturated carbocycles. The third-order valence-electron chi connectivity index (χ3n) is 5.84. The summed E-state index contributed by atoms with van der Waals surface area (Å²) >= 11 is 1.51. The van der Waals surface area contributed by atoms with Crippen molar-refractivity contribution in [3.05, 3.63) is 40.3 Å². The number of nitrogens with two attached hydrogens (primary N) is 1. The summed E-state index contributed by atoms with van der Waals surface area (Å²) in [4.78, 5) is 30.3. The summed E-state index contributed by atoms with van der Waals surface area (Å²) in [6.07, 6.45) is 4.01. The summed E-state index contributed by atoms with van der Waals surface area (Å²) in [5.41, 5.74) is 8.27. The van der Waals surface area contributed by atoms with Crippen LogP contribution in [0.15, 0.2) is 24.3 Å². The molecule has 1 aromatic heterocycles. The van der Waals surface area contributed by atoms with Crippen molar-refractivity contribution >= 4 is 33.8 Å². The molecule has 160 valence electrons. The number of methoxy groups -OCH3 is 1. The van der Waals surface area contributed by atoms with Gasteiger partial charge in [-0.2, -0.15) is 0 Å². The van der Waals surface area contributed by atoms with Gasteiger partial charge in [-0.1, -0.05) is 12.1 Å². The number of rotatable bonds is 6. The largest absolute Gasteiger partial charge is 0.495 e. The lowest BCUT2D eigenvalue weighted by Crippen LogP contribution is -2.48. The highest BCUT2D eigenvalue weighted by Crippen LogP contribution is 2.38. The molecular formula is C22H28N4O3S. The number of anilines is 2. The van der Waals surface area contributed by atoms with Crippen molar-refractivity contribution < 1.29 is 14.3 Å². The lowest BCUT2D eigenvalue weighted by atomic mass is 9.95. The van der Waals surface area contributed by atoms with E-state index in [0.717, 1.165) is 68.9 Å². The molecule has 8 heteroatoms. The lowest BCUT2D eigenvalue weighted by molar-refractivity contribution is -0.117. The Morgan fingerprint density at radius 2 is 1.87 bits per heavy atom. The van der Waals surface area contributed by atoms with Crippen LogP contribution in [0.5, 0.6) is 5.75 Å². The third-order valence-corrected chi connectivity index (χ3v) is 7.04. The van der Waals surface area contributed by atoms with Gasteiger partial charge in [0.1, 0.15) is 10.8 Å². The average Bonchev–Trinajstić information content (AvgIpc) is 3.12. The molecule has 30 heavy (non-hydrogen) atoms. The lowest BCUT2D eigenvalue weighted by Gasteiger charge is -2.36. The number of carbonyl (C=O) groups excluding carboxylic acids is 2. The van der Waals surface area contributed by atoms with Crippen molar-refractivity contribution in [2.45, 2.75) is 25.7 Å². The number of carbonyl (C=O) groups is 2. The number of thiophene rings is 1. The Balaban J connectivity index is 1.36. The summed E-state index contributed by atoms with van der Waals surface area (Å²) in [6, 6.07) is 8.00. The molecule has 1 saturated heterocycles. The molecule has 2 aromatic rings. The second kappa shape index (κ2) is 9.06. The zero-order valence-electron chi connectivity index (χ0n) is 17.3. The van der Waals surface area contributed by atoms with Crippen LogP contribution in [-0.2, 0) is 17.6 Å². The fourth-order valence-electron chi connectivity index (χ4n) is 4.32. The Morgan fingerprint density at radius 3 is 2.60 bits per heavy atom. The van der Waals surface area contributed by atoms with Crippen LogP contribution in [0.25, 0.3) is 0 Å². The number of nitrogens with one attached hydrogen (secondary N) is 1. The van der Waals surface area contributed by atoms with Crippen LogP contribution in [0, 0.1) is 0 Å². The predicted octanol–water partition coefficient (Wildman–Crippen LogP) is 2.50. The first-order valence-corrected chi connectivity index (χ1v) is 11.2. The minimum absolute atomic E-state index is 0.0955. The standard InChI is InChI=1S/C22H28N4O3S/c1-29-17-8-4-3-7-16(17)26-12-10-25(11-13-26)14-19(27)24-22-20(21(23)28)15-6-2-5-9-18(15)30-22/h3-4,7-8H,2,5-6,9-14H2,1H3,(H2,23,28)(H,24,27). The number of hydrogen-bond acceptors (Lipinski definition) is 6. The Bertz CT molecular complexity index is 934. The van der Waals surface area contributed by atoms with Crippen LogP contribution < -0.4 is 20.7 Å². The van der Waals surface area contributed by atoms with Gasteiger partial charge < -0.3 is 20.7 Å². The zero-order valence-corrected chi connectivity index (χ0v) is 18.1. The molecule has 0 spiro atoms. The number of amides is 2. The molecule has 0 unspecified atom stereocenters. The first-order chi connectivity index (χ1) is 14.6. The van der Waals surface area contributed by atoms with Crippen LogP contribution in [-0.4, -0.2) is 56.5 Å². The minimum Gasteiger partial charge on any atom is -0.495 e.